The molecule has 3 rings (SSSR count). The lowest BCUT2D eigenvalue weighted by Gasteiger charge is -2.33. The summed E-state index contributed by atoms with van der Waals surface area (Å²) in [6.45, 7) is 1.52. The maximum atomic E-state index is 11.9. The van der Waals surface area contributed by atoms with Gasteiger partial charge in [-0.1, -0.05) is 18.2 Å². The van der Waals surface area contributed by atoms with Gasteiger partial charge in [-0.25, -0.2) is 4.79 Å². The van der Waals surface area contributed by atoms with E-state index < -0.39 is 6.04 Å². The first-order valence-electron chi connectivity index (χ1n) is 7.15. The van der Waals surface area contributed by atoms with E-state index in [1.54, 1.807) is 0 Å². The van der Waals surface area contributed by atoms with Crippen molar-refractivity contribution >= 4 is 23.9 Å². The average Bonchev–Trinajstić information content (AvgIpc) is 2.88. The molecular formula is C15H19N3O3. The molecule has 1 N–H and O–H groups in total. The van der Waals surface area contributed by atoms with Crippen molar-refractivity contribution < 1.29 is 14.3 Å². The van der Waals surface area contributed by atoms with E-state index in [0.29, 0.717) is 19.8 Å². The molecule has 0 amide bonds. The number of fused-ring (bicyclic) bond motifs is 1. The number of aromatic amines is 1. The maximum Gasteiger partial charge on any atom is 0.330 e. The van der Waals surface area contributed by atoms with Gasteiger partial charge < -0.3 is 14.4 Å². The smallest absolute Gasteiger partial charge is 0.330 e. The van der Waals surface area contributed by atoms with Crippen LogP contribution in [-0.2, 0) is 14.3 Å². The number of methoxy groups -OCH3 is 1. The van der Waals surface area contributed by atoms with E-state index in [1.807, 2.05) is 17.1 Å². The summed E-state index contributed by atoms with van der Waals surface area (Å²) in [7, 11) is 1.40. The van der Waals surface area contributed by atoms with Crippen LogP contribution in [0.15, 0.2) is 12.2 Å². The predicted octanol–water partition coefficient (Wildman–Crippen LogP) is -0.301. The second-order valence-corrected chi connectivity index (χ2v) is 5.06. The first-order valence-corrected chi connectivity index (χ1v) is 7.15. The number of carbonyl (C=O) groups is 1. The Morgan fingerprint density at radius 1 is 1.52 bits per heavy atom. The highest BCUT2D eigenvalue weighted by atomic mass is 16.5. The number of H-pyrrole nitrogens is 1. The summed E-state index contributed by atoms with van der Waals surface area (Å²) in [6, 6.07) is -0.445. The van der Waals surface area contributed by atoms with Crippen LogP contribution in [0.5, 0.6) is 0 Å². The molecule has 0 aromatic carbocycles. The van der Waals surface area contributed by atoms with Crippen LogP contribution >= 0.6 is 0 Å². The van der Waals surface area contributed by atoms with Gasteiger partial charge in [0.05, 0.1) is 25.7 Å². The van der Waals surface area contributed by atoms with E-state index >= 15 is 0 Å². The monoisotopic (exact) mass is 289 g/mol. The summed E-state index contributed by atoms with van der Waals surface area (Å²) in [5.41, 5.74) is 0. The SMILES string of the molecule is COC(=O)C1COCCN1c1n[nH]c2c1=CC=CCCC=2. The summed E-state index contributed by atoms with van der Waals surface area (Å²) in [5.74, 6) is 0.489. The van der Waals surface area contributed by atoms with E-state index in [0.717, 1.165) is 29.2 Å². The predicted molar refractivity (Wildman–Crippen MR) is 79.1 cm³/mol. The van der Waals surface area contributed by atoms with Gasteiger partial charge in [0.15, 0.2) is 11.9 Å². The highest BCUT2D eigenvalue weighted by Gasteiger charge is 2.32. The number of nitrogens with one attached hydrogen (secondary N) is 1. The van der Waals surface area contributed by atoms with Gasteiger partial charge >= 0.3 is 5.97 Å². The summed E-state index contributed by atoms with van der Waals surface area (Å²) < 4.78 is 10.3. The van der Waals surface area contributed by atoms with Crippen molar-refractivity contribution in [1.82, 2.24) is 10.2 Å². The number of esters is 1. The first kappa shape index (κ1) is 13.9. The van der Waals surface area contributed by atoms with Crippen molar-refractivity contribution in [2.24, 2.45) is 0 Å². The molecule has 1 fully saturated rings. The minimum atomic E-state index is -0.445. The number of aromatic nitrogens is 2. The molecule has 1 atom stereocenters. The number of hydrogen-bond donors (Lipinski definition) is 1. The van der Waals surface area contributed by atoms with Gasteiger partial charge in [-0.3, -0.25) is 5.10 Å². The van der Waals surface area contributed by atoms with Crippen molar-refractivity contribution in [2.75, 3.05) is 31.8 Å². The quantitative estimate of drug-likeness (QED) is 0.757. The summed E-state index contributed by atoms with van der Waals surface area (Å²) in [5, 5.41) is 9.50. The fraction of sp³-hybridized carbons (Fsp3) is 0.467. The Kier molecular flexibility index (Phi) is 4.06. The van der Waals surface area contributed by atoms with Gasteiger partial charge in [-0.2, -0.15) is 5.10 Å². The van der Waals surface area contributed by atoms with Gasteiger partial charge in [0.2, 0.25) is 0 Å². The molecule has 2 heterocycles. The largest absolute Gasteiger partial charge is 0.467 e. The zero-order chi connectivity index (χ0) is 14.7. The zero-order valence-corrected chi connectivity index (χ0v) is 12.0. The molecule has 6 heteroatoms. The summed E-state index contributed by atoms with van der Waals surface area (Å²) in [4.78, 5) is 13.9. The summed E-state index contributed by atoms with van der Waals surface area (Å²) in [6.07, 6.45) is 10.3. The third-order valence-electron chi connectivity index (χ3n) is 3.77. The van der Waals surface area contributed by atoms with Crippen LogP contribution in [0, 0.1) is 0 Å². The standard InChI is InChI=1S/C15H19N3O3/c1-20-15(19)13-10-21-9-8-18(13)14-11-6-4-2-3-5-7-12(11)16-17-14/h2,4,6-7,13,16H,3,5,8-10H2,1H3. The van der Waals surface area contributed by atoms with Gasteiger partial charge in [0.25, 0.3) is 0 Å². The van der Waals surface area contributed by atoms with Crippen molar-refractivity contribution in [3.63, 3.8) is 0 Å². The second kappa shape index (κ2) is 6.13. The zero-order valence-electron chi connectivity index (χ0n) is 12.0. The molecule has 1 aromatic heterocycles. The molecule has 0 saturated carbocycles. The van der Waals surface area contributed by atoms with Crippen LogP contribution in [-0.4, -0.2) is 49.1 Å². The number of allylic oxidation sites excluding steroid dienone is 2. The highest BCUT2D eigenvalue weighted by molar-refractivity contribution is 5.80. The second-order valence-electron chi connectivity index (χ2n) is 5.06. The third kappa shape index (κ3) is 2.71. The number of morpholine rings is 1. The Hall–Kier alpha value is -2.08. The lowest BCUT2D eigenvalue weighted by Crippen LogP contribution is -2.52. The van der Waals surface area contributed by atoms with Gasteiger partial charge in [0.1, 0.15) is 0 Å². The van der Waals surface area contributed by atoms with E-state index in [9.17, 15) is 4.79 Å². The van der Waals surface area contributed by atoms with Crippen molar-refractivity contribution in [3.8, 4) is 0 Å². The van der Waals surface area contributed by atoms with Crippen LogP contribution in [0.25, 0.3) is 12.2 Å². The molecular weight excluding hydrogens is 270 g/mol. The fourth-order valence-electron chi connectivity index (χ4n) is 2.67. The molecule has 0 bridgehead atoms. The number of nitrogens with zero attached hydrogens (tertiary/aromatic N) is 2. The van der Waals surface area contributed by atoms with E-state index in [4.69, 9.17) is 9.47 Å². The summed E-state index contributed by atoms with van der Waals surface area (Å²) >= 11 is 0. The molecule has 0 spiro atoms. The Morgan fingerprint density at radius 2 is 2.43 bits per heavy atom. The van der Waals surface area contributed by atoms with Crippen LogP contribution in [0.3, 0.4) is 0 Å². The fourth-order valence-corrected chi connectivity index (χ4v) is 2.67. The van der Waals surface area contributed by atoms with Gasteiger partial charge in [0, 0.05) is 11.8 Å². The molecule has 1 aliphatic heterocycles. The lowest BCUT2D eigenvalue weighted by molar-refractivity contribution is -0.144. The molecule has 1 aromatic rings. The van der Waals surface area contributed by atoms with Crippen LogP contribution < -0.4 is 15.5 Å². The van der Waals surface area contributed by atoms with Crippen molar-refractivity contribution in [1.29, 1.82) is 0 Å². The molecule has 0 radical (unpaired) electrons. The Labute approximate surface area is 122 Å². The molecule has 1 unspecified atom stereocenters. The Morgan fingerprint density at radius 3 is 3.29 bits per heavy atom. The third-order valence-corrected chi connectivity index (χ3v) is 3.77. The molecule has 2 aliphatic rings. The lowest BCUT2D eigenvalue weighted by atomic mass is 10.2. The van der Waals surface area contributed by atoms with Crippen LogP contribution in [0.1, 0.15) is 12.8 Å². The minimum absolute atomic E-state index is 0.295. The number of ether oxygens (including phenoxy) is 2. The molecule has 112 valence electrons. The average molecular weight is 289 g/mol. The van der Waals surface area contributed by atoms with E-state index in [1.165, 1.54) is 7.11 Å². The molecule has 21 heavy (non-hydrogen) atoms. The molecule has 1 saturated heterocycles. The van der Waals surface area contributed by atoms with E-state index in [-0.39, 0.29) is 5.97 Å². The number of rotatable bonds is 2. The molecule has 6 nitrogen and oxygen atoms in total. The van der Waals surface area contributed by atoms with Crippen LogP contribution in [0.4, 0.5) is 5.82 Å². The van der Waals surface area contributed by atoms with Crippen molar-refractivity contribution in [2.45, 2.75) is 18.9 Å². The van der Waals surface area contributed by atoms with Crippen molar-refractivity contribution in [3.05, 3.63) is 22.7 Å². The number of hydrogen-bond acceptors (Lipinski definition) is 5. The normalized spacial score (nSPS) is 21.6. The highest BCUT2D eigenvalue weighted by Crippen LogP contribution is 2.14. The Balaban J connectivity index is 2.04. The van der Waals surface area contributed by atoms with Gasteiger partial charge in [-0.15, -0.1) is 0 Å². The molecule has 1 aliphatic carbocycles. The number of carbonyl (C=O) groups excluding carboxylic acids is 1. The Bertz CT molecular complexity index is 662. The van der Waals surface area contributed by atoms with Gasteiger partial charge in [-0.05, 0) is 18.9 Å². The van der Waals surface area contributed by atoms with E-state index in [2.05, 4.69) is 22.3 Å². The number of anilines is 1. The maximum absolute atomic E-state index is 11.9. The topological polar surface area (TPSA) is 67.5 Å². The van der Waals surface area contributed by atoms with Crippen LogP contribution in [0.2, 0.25) is 0 Å². The minimum Gasteiger partial charge on any atom is -0.467 e. The first-order chi connectivity index (χ1) is 10.3.